The summed E-state index contributed by atoms with van der Waals surface area (Å²) in [5.41, 5.74) is 2.31. The summed E-state index contributed by atoms with van der Waals surface area (Å²) in [5.74, 6) is 1.59. The zero-order valence-corrected chi connectivity index (χ0v) is 14.9. The average molecular weight is 356 g/mol. The minimum Gasteiger partial charge on any atom is -0.457 e. The summed E-state index contributed by atoms with van der Waals surface area (Å²) in [7, 11) is 0. The van der Waals surface area contributed by atoms with E-state index in [1.165, 1.54) is 4.90 Å². The molecule has 0 saturated carbocycles. The normalized spacial score (nSPS) is 10.4. The number of anilines is 1. The maximum atomic E-state index is 5.90. The van der Waals surface area contributed by atoms with Gasteiger partial charge in [0.1, 0.15) is 11.5 Å². The van der Waals surface area contributed by atoms with Crippen molar-refractivity contribution in [1.82, 2.24) is 0 Å². The molecule has 0 aromatic heterocycles. The van der Waals surface area contributed by atoms with Crippen LogP contribution in [0.25, 0.3) is 0 Å². The van der Waals surface area contributed by atoms with Crippen LogP contribution in [-0.4, -0.2) is 6.26 Å². The van der Waals surface area contributed by atoms with E-state index in [1.54, 1.807) is 11.8 Å². The van der Waals surface area contributed by atoms with Gasteiger partial charge >= 0.3 is 0 Å². The smallest absolute Gasteiger partial charge is 0.127 e. The quantitative estimate of drug-likeness (QED) is 0.512. The molecule has 0 aliphatic rings. The fourth-order valence-electron chi connectivity index (χ4n) is 2.35. The van der Waals surface area contributed by atoms with Crippen LogP contribution >= 0.6 is 23.4 Å². The number of hydrogen-bond donors (Lipinski definition) is 1. The van der Waals surface area contributed by atoms with Crippen molar-refractivity contribution < 1.29 is 4.74 Å². The first-order chi connectivity index (χ1) is 11.7. The van der Waals surface area contributed by atoms with Crippen molar-refractivity contribution in [3.63, 3.8) is 0 Å². The average Bonchev–Trinajstić information content (AvgIpc) is 2.62. The van der Waals surface area contributed by atoms with Crippen LogP contribution in [0.2, 0.25) is 5.02 Å². The molecular weight excluding hydrogens is 338 g/mol. The number of para-hydroxylation sites is 1. The molecule has 0 bridgehead atoms. The van der Waals surface area contributed by atoms with Crippen LogP contribution < -0.4 is 10.1 Å². The number of nitrogens with one attached hydrogen (secondary N) is 1. The van der Waals surface area contributed by atoms with Crippen molar-refractivity contribution in [3.8, 4) is 11.5 Å². The number of thioether (sulfide) groups is 1. The molecule has 0 aliphatic carbocycles. The van der Waals surface area contributed by atoms with Gasteiger partial charge in [0.2, 0.25) is 0 Å². The monoisotopic (exact) mass is 355 g/mol. The van der Waals surface area contributed by atoms with Crippen LogP contribution in [0.4, 0.5) is 5.69 Å². The van der Waals surface area contributed by atoms with E-state index in [-0.39, 0.29) is 0 Å². The predicted octanol–water partition coefficient (Wildman–Crippen LogP) is 6.47. The molecule has 0 aliphatic heterocycles. The molecule has 122 valence electrons. The lowest BCUT2D eigenvalue weighted by atomic mass is 10.2. The molecule has 3 aromatic rings. The van der Waals surface area contributed by atoms with Crippen LogP contribution in [-0.2, 0) is 6.54 Å². The third-order valence-corrected chi connectivity index (χ3v) is 4.59. The van der Waals surface area contributed by atoms with Crippen LogP contribution in [0, 0.1) is 0 Å². The maximum absolute atomic E-state index is 5.90. The number of halogens is 1. The summed E-state index contributed by atoms with van der Waals surface area (Å²) >= 11 is 7.64. The van der Waals surface area contributed by atoms with E-state index in [9.17, 15) is 0 Å². The van der Waals surface area contributed by atoms with Gasteiger partial charge in [0, 0.05) is 22.2 Å². The van der Waals surface area contributed by atoms with Crippen molar-refractivity contribution in [1.29, 1.82) is 0 Å². The Hall–Kier alpha value is -2.10. The number of ether oxygens (including phenoxy) is 1. The summed E-state index contributed by atoms with van der Waals surface area (Å²) < 4.78 is 5.88. The number of hydrogen-bond acceptors (Lipinski definition) is 3. The van der Waals surface area contributed by atoms with Crippen LogP contribution in [0.15, 0.2) is 77.7 Å². The van der Waals surface area contributed by atoms with E-state index in [0.29, 0.717) is 5.02 Å². The largest absolute Gasteiger partial charge is 0.457 e. The van der Waals surface area contributed by atoms with Crippen molar-refractivity contribution in [2.75, 3.05) is 11.6 Å². The molecule has 4 heteroatoms. The highest BCUT2D eigenvalue weighted by molar-refractivity contribution is 7.98. The molecule has 0 atom stereocenters. The molecule has 0 fully saturated rings. The first-order valence-electron chi connectivity index (χ1n) is 7.64. The zero-order chi connectivity index (χ0) is 16.8. The van der Waals surface area contributed by atoms with Gasteiger partial charge in [-0.2, -0.15) is 0 Å². The van der Waals surface area contributed by atoms with E-state index in [0.717, 1.165) is 29.3 Å². The Morgan fingerprint density at radius 2 is 1.71 bits per heavy atom. The van der Waals surface area contributed by atoms with E-state index >= 15 is 0 Å². The van der Waals surface area contributed by atoms with Gasteiger partial charge < -0.3 is 10.1 Å². The van der Waals surface area contributed by atoms with Gasteiger partial charge in [0.05, 0.1) is 0 Å². The SMILES string of the molecule is CSc1ccccc1NCc1cccc(Oc2ccc(Cl)cc2)c1. The Morgan fingerprint density at radius 3 is 2.50 bits per heavy atom. The van der Waals surface area contributed by atoms with Gasteiger partial charge in [0.15, 0.2) is 0 Å². The fourth-order valence-corrected chi connectivity index (χ4v) is 3.05. The molecule has 0 heterocycles. The van der Waals surface area contributed by atoms with Crippen LogP contribution in [0.1, 0.15) is 5.56 Å². The lowest BCUT2D eigenvalue weighted by molar-refractivity contribution is 0.482. The number of benzene rings is 3. The molecule has 3 aromatic carbocycles. The Morgan fingerprint density at radius 1 is 0.917 bits per heavy atom. The van der Waals surface area contributed by atoms with Gasteiger partial charge in [-0.25, -0.2) is 0 Å². The van der Waals surface area contributed by atoms with Crippen molar-refractivity contribution in [2.24, 2.45) is 0 Å². The van der Waals surface area contributed by atoms with Gasteiger partial charge in [-0.15, -0.1) is 11.8 Å². The molecule has 2 nitrogen and oxygen atoms in total. The highest BCUT2D eigenvalue weighted by atomic mass is 35.5. The predicted molar refractivity (Wildman–Crippen MR) is 104 cm³/mol. The van der Waals surface area contributed by atoms with Crippen LogP contribution in [0.5, 0.6) is 11.5 Å². The second kappa shape index (κ2) is 8.13. The standard InChI is InChI=1S/C20H18ClNOS/c1-24-20-8-3-2-7-19(20)22-14-15-5-4-6-18(13-15)23-17-11-9-16(21)10-12-17/h2-13,22H,14H2,1H3. The second-order valence-electron chi connectivity index (χ2n) is 5.26. The van der Waals surface area contributed by atoms with E-state index in [4.69, 9.17) is 16.3 Å². The summed E-state index contributed by atoms with van der Waals surface area (Å²) in [6.45, 7) is 0.745. The topological polar surface area (TPSA) is 21.3 Å². The summed E-state index contributed by atoms with van der Waals surface area (Å²) in [4.78, 5) is 1.24. The molecular formula is C20H18ClNOS. The molecule has 0 unspecified atom stereocenters. The number of rotatable bonds is 6. The van der Waals surface area contributed by atoms with Crippen LogP contribution in [0.3, 0.4) is 0 Å². The maximum Gasteiger partial charge on any atom is 0.127 e. The van der Waals surface area contributed by atoms with Gasteiger partial charge in [-0.3, -0.25) is 0 Å². The molecule has 24 heavy (non-hydrogen) atoms. The molecule has 0 amide bonds. The van der Waals surface area contributed by atoms with Gasteiger partial charge in [0.25, 0.3) is 0 Å². The van der Waals surface area contributed by atoms with Gasteiger partial charge in [-0.1, -0.05) is 35.9 Å². The van der Waals surface area contributed by atoms with Crippen molar-refractivity contribution >= 4 is 29.1 Å². The molecule has 1 N–H and O–H groups in total. The lowest BCUT2D eigenvalue weighted by Crippen LogP contribution is -2.00. The van der Waals surface area contributed by atoms with Crippen molar-refractivity contribution in [3.05, 3.63) is 83.4 Å². The summed E-state index contributed by atoms with van der Waals surface area (Å²) in [5, 5.41) is 4.19. The van der Waals surface area contributed by atoms with Crippen molar-refractivity contribution in [2.45, 2.75) is 11.4 Å². The van der Waals surface area contributed by atoms with E-state index < -0.39 is 0 Å². The fraction of sp³-hybridized carbons (Fsp3) is 0.100. The first-order valence-corrected chi connectivity index (χ1v) is 9.24. The molecule has 0 saturated heterocycles. The first kappa shape index (κ1) is 16.7. The van der Waals surface area contributed by atoms with Gasteiger partial charge in [-0.05, 0) is 60.4 Å². The molecule has 0 radical (unpaired) electrons. The third-order valence-electron chi connectivity index (χ3n) is 3.54. The van der Waals surface area contributed by atoms with E-state index in [2.05, 4.69) is 35.8 Å². The highest BCUT2D eigenvalue weighted by Crippen LogP contribution is 2.26. The zero-order valence-electron chi connectivity index (χ0n) is 13.3. The minimum atomic E-state index is 0.702. The summed E-state index contributed by atoms with van der Waals surface area (Å²) in [6.07, 6.45) is 2.08. The second-order valence-corrected chi connectivity index (χ2v) is 6.54. The minimum absolute atomic E-state index is 0.702. The molecule has 3 rings (SSSR count). The third kappa shape index (κ3) is 4.47. The van der Waals surface area contributed by atoms with E-state index in [1.807, 2.05) is 48.5 Å². The molecule has 0 spiro atoms. The lowest BCUT2D eigenvalue weighted by Gasteiger charge is -2.12. The Labute approximate surface area is 151 Å². The Balaban J connectivity index is 1.68. The Bertz CT molecular complexity index is 805. The Kier molecular flexibility index (Phi) is 5.68. The summed E-state index contributed by atoms with van der Waals surface area (Å²) in [6, 6.07) is 23.8. The highest BCUT2D eigenvalue weighted by Gasteiger charge is 2.02.